The van der Waals surface area contributed by atoms with Crippen LogP contribution in [-0.2, 0) is 16.1 Å². The molecule has 0 bridgehead atoms. The van der Waals surface area contributed by atoms with Crippen LogP contribution in [0.15, 0.2) is 33.2 Å². The molecule has 0 saturated carbocycles. The van der Waals surface area contributed by atoms with Crippen LogP contribution in [0.4, 0.5) is 0 Å². The van der Waals surface area contributed by atoms with E-state index in [1.165, 1.54) is 13.2 Å². The third kappa shape index (κ3) is 3.69. The molecule has 0 radical (unpaired) electrons. The third-order valence-corrected chi connectivity index (χ3v) is 3.69. The van der Waals surface area contributed by atoms with E-state index in [9.17, 15) is 9.59 Å². The molecule has 22 heavy (non-hydrogen) atoms. The highest BCUT2D eigenvalue weighted by atomic mass is 79.9. The van der Waals surface area contributed by atoms with Gasteiger partial charge in [0, 0.05) is 4.47 Å². The van der Waals surface area contributed by atoms with Gasteiger partial charge < -0.3 is 13.9 Å². The van der Waals surface area contributed by atoms with E-state index in [0.29, 0.717) is 26.6 Å². The van der Waals surface area contributed by atoms with Gasteiger partial charge in [-0.25, -0.2) is 9.59 Å². The maximum atomic E-state index is 12.0. The van der Waals surface area contributed by atoms with Crippen LogP contribution in [0.25, 0.3) is 0 Å². The second-order valence-electron chi connectivity index (χ2n) is 4.37. The molecule has 1 aromatic heterocycles. The number of hydrogen-bond donors (Lipinski definition) is 0. The molecular formula is C15H12BrClO5. The van der Waals surface area contributed by atoms with Crippen LogP contribution >= 0.6 is 27.5 Å². The first-order valence-corrected chi connectivity index (χ1v) is 7.39. The highest BCUT2D eigenvalue weighted by Crippen LogP contribution is 2.23. The Balaban J connectivity index is 2.08. The van der Waals surface area contributed by atoms with Gasteiger partial charge in [0.15, 0.2) is 0 Å². The van der Waals surface area contributed by atoms with E-state index in [-0.39, 0.29) is 12.2 Å². The quantitative estimate of drug-likeness (QED) is 0.737. The van der Waals surface area contributed by atoms with Crippen molar-refractivity contribution >= 4 is 39.5 Å². The Kier molecular flexibility index (Phi) is 5.26. The van der Waals surface area contributed by atoms with Gasteiger partial charge >= 0.3 is 11.9 Å². The summed E-state index contributed by atoms with van der Waals surface area (Å²) in [6.45, 7) is 1.52. The number of aryl methyl sites for hydroxylation is 1. The predicted molar refractivity (Wildman–Crippen MR) is 83.1 cm³/mol. The van der Waals surface area contributed by atoms with Gasteiger partial charge in [-0.15, -0.1) is 0 Å². The predicted octanol–water partition coefficient (Wildman–Crippen LogP) is 4.15. The van der Waals surface area contributed by atoms with Crippen molar-refractivity contribution in [2.24, 2.45) is 0 Å². The number of ether oxygens (including phenoxy) is 2. The van der Waals surface area contributed by atoms with Crippen molar-refractivity contribution in [3.05, 3.63) is 56.4 Å². The van der Waals surface area contributed by atoms with Gasteiger partial charge in [0.1, 0.15) is 23.7 Å². The summed E-state index contributed by atoms with van der Waals surface area (Å²) in [5.41, 5.74) is 0.543. The highest BCUT2D eigenvalue weighted by Gasteiger charge is 2.17. The van der Waals surface area contributed by atoms with Gasteiger partial charge in [0.05, 0.1) is 17.7 Å². The van der Waals surface area contributed by atoms with E-state index in [1.807, 2.05) is 0 Å². The van der Waals surface area contributed by atoms with Crippen LogP contribution in [0, 0.1) is 6.92 Å². The summed E-state index contributed by atoms with van der Waals surface area (Å²) in [5, 5.41) is 0.291. The van der Waals surface area contributed by atoms with Crippen LogP contribution in [0.1, 0.15) is 32.2 Å². The van der Waals surface area contributed by atoms with Crippen LogP contribution in [0.3, 0.4) is 0 Å². The molecular weight excluding hydrogens is 376 g/mol. The molecule has 116 valence electrons. The molecule has 2 rings (SSSR count). The average Bonchev–Trinajstić information content (AvgIpc) is 2.87. The fourth-order valence-electron chi connectivity index (χ4n) is 1.80. The number of halogens is 2. The lowest BCUT2D eigenvalue weighted by Crippen LogP contribution is -2.05. The maximum absolute atomic E-state index is 12.0. The summed E-state index contributed by atoms with van der Waals surface area (Å²) >= 11 is 9.22. The molecule has 2 aromatic rings. The minimum atomic E-state index is -0.583. The maximum Gasteiger partial charge on any atom is 0.341 e. The SMILES string of the molecule is COC(=O)c1cc(COC(=O)c2cc(Br)ccc2Cl)oc1C. The first kappa shape index (κ1) is 16.6. The number of benzene rings is 1. The number of rotatable bonds is 4. The molecule has 1 aromatic carbocycles. The average molecular weight is 388 g/mol. The van der Waals surface area contributed by atoms with Gasteiger partial charge in [-0.3, -0.25) is 0 Å². The minimum Gasteiger partial charge on any atom is -0.465 e. The van der Waals surface area contributed by atoms with Gasteiger partial charge in [0.2, 0.25) is 0 Å². The van der Waals surface area contributed by atoms with E-state index >= 15 is 0 Å². The number of hydrogen-bond acceptors (Lipinski definition) is 5. The molecule has 0 amide bonds. The van der Waals surface area contributed by atoms with Crippen molar-refractivity contribution < 1.29 is 23.5 Å². The van der Waals surface area contributed by atoms with Crippen LogP contribution in [-0.4, -0.2) is 19.0 Å². The molecule has 0 N–H and O–H groups in total. The standard InChI is InChI=1S/C15H12BrClO5/c1-8-11(14(18)20-2)6-10(22-8)7-21-15(19)12-5-9(16)3-4-13(12)17/h3-6H,7H2,1-2H3. The summed E-state index contributed by atoms with van der Waals surface area (Å²) in [6.07, 6.45) is 0. The van der Waals surface area contributed by atoms with Crippen molar-refractivity contribution in [3.63, 3.8) is 0 Å². The minimum absolute atomic E-state index is 0.112. The monoisotopic (exact) mass is 386 g/mol. The van der Waals surface area contributed by atoms with Crippen LogP contribution in [0.2, 0.25) is 5.02 Å². The highest BCUT2D eigenvalue weighted by molar-refractivity contribution is 9.10. The van der Waals surface area contributed by atoms with Gasteiger partial charge in [0.25, 0.3) is 0 Å². The first-order chi connectivity index (χ1) is 10.4. The lowest BCUT2D eigenvalue weighted by atomic mass is 10.2. The van der Waals surface area contributed by atoms with E-state index in [2.05, 4.69) is 20.7 Å². The fourth-order valence-corrected chi connectivity index (χ4v) is 2.35. The van der Waals surface area contributed by atoms with Crippen molar-refractivity contribution in [1.82, 2.24) is 0 Å². The van der Waals surface area contributed by atoms with E-state index in [0.717, 1.165) is 0 Å². The smallest absolute Gasteiger partial charge is 0.341 e. The number of carbonyl (C=O) groups is 2. The van der Waals surface area contributed by atoms with Crippen molar-refractivity contribution in [2.45, 2.75) is 13.5 Å². The molecule has 0 aliphatic carbocycles. The molecule has 5 nitrogen and oxygen atoms in total. The summed E-state index contributed by atoms with van der Waals surface area (Å²) in [5.74, 6) is -0.343. The number of methoxy groups -OCH3 is 1. The van der Waals surface area contributed by atoms with Crippen molar-refractivity contribution in [3.8, 4) is 0 Å². The zero-order valence-electron chi connectivity index (χ0n) is 11.8. The van der Waals surface area contributed by atoms with E-state index in [1.54, 1.807) is 25.1 Å². The Morgan fingerprint density at radius 1 is 1.23 bits per heavy atom. The number of furan rings is 1. The first-order valence-electron chi connectivity index (χ1n) is 6.22. The summed E-state index contributed by atoms with van der Waals surface area (Å²) in [6, 6.07) is 6.36. The Bertz CT molecular complexity index is 723. The second kappa shape index (κ2) is 6.98. The Morgan fingerprint density at radius 2 is 1.95 bits per heavy atom. The largest absolute Gasteiger partial charge is 0.465 e. The van der Waals surface area contributed by atoms with E-state index in [4.69, 9.17) is 20.8 Å². The molecule has 0 atom stereocenters. The normalized spacial score (nSPS) is 10.4. The second-order valence-corrected chi connectivity index (χ2v) is 5.70. The topological polar surface area (TPSA) is 65.7 Å². The molecule has 7 heteroatoms. The summed E-state index contributed by atoms with van der Waals surface area (Å²) < 4.78 is 15.8. The zero-order valence-corrected chi connectivity index (χ0v) is 14.2. The van der Waals surface area contributed by atoms with Gasteiger partial charge in [-0.05, 0) is 31.2 Å². The van der Waals surface area contributed by atoms with Gasteiger partial charge in [-0.1, -0.05) is 27.5 Å². The summed E-state index contributed by atoms with van der Waals surface area (Å²) in [7, 11) is 1.28. The molecule has 0 fully saturated rings. The molecule has 0 aliphatic heterocycles. The van der Waals surface area contributed by atoms with Gasteiger partial charge in [-0.2, -0.15) is 0 Å². The molecule has 0 spiro atoms. The fraction of sp³-hybridized carbons (Fsp3) is 0.200. The van der Waals surface area contributed by atoms with Crippen LogP contribution < -0.4 is 0 Å². The van der Waals surface area contributed by atoms with Crippen LogP contribution in [0.5, 0.6) is 0 Å². The molecule has 0 saturated heterocycles. The van der Waals surface area contributed by atoms with Crippen molar-refractivity contribution in [1.29, 1.82) is 0 Å². The molecule has 0 aliphatic rings. The lowest BCUT2D eigenvalue weighted by Gasteiger charge is -2.05. The van der Waals surface area contributed by atoms with E-state index < -0.39 is 11.9 Å². The molecule has 1 heterocycles. The number of esters is 2. The van der Waals surface area contributed by atoms with Crippen molar-refractivity contribution in [2.75, 3.05) is 7.11 Å². The Morgan fingerprint density at radius 3 is 2.64 bits per heavy atom. The third-order valence-electron chi connectivity index (χ3n) is 2.87. The summed E-state index contributed by atoms with van der Waals surface area (Å²) in [4.78, 5) is 23.5. The molecule has 0 unspecified atom stereocenters. The Hall–Kier alpha value is -1.79. The number of carbonyl (C=O) groups excluding carboxylic acids is 2. The zero-order chi connectivity index (χ0) is 16.3. The Labute approximate surface area is 140 Å². The lowest BCUT2D eigenvalue weighted by molar-refractivity contribution is 0.0444.